The highest BCUT2D eigenvalue weighted by Gasteiger charge is 2.35. The molecule has 64 heavy (non-hydrogen) atoms. The minimum atomic E-state index is -2.23. The van der Waals surface area contributed by atoms with Gasteiger partial charge in [0, 0.05) is 45.7 Å². The third kappa shape index (κ3) is 10.9. The number of hydrogen-bond acceptors (Lipinski definition) is 5. The van der Waals surface area contributed by atoms with Crippen LogP contribution in [0.5, 0.6) is 0 Å². The fourth-order valence-electron chi connectivity index (χ4n) is 8.29. The van der Waals surface area contributed by atoms with Gasteiger partial charge < -0.3 is 14.7 Å². The molecule has 0 fully saturated rings. The van der Waals surface area contributed by atoms with Crippen LogP contribution in [0.3, 0.4) is 0 Å². The third-order valence-corrected chi connectivity index (χ3v) is 11.1. The maximum Gasteiger partial charge on any atom is 0.265 e. The second kappa shape index (κ2) is 22.8. The van der Waals surface area contributed by atoms with Gasteiger partial charge in [0.15, 0.2) is 13.2 Å². The van der Waals surface area contributed by atoms with Crippen molar-refractivity contribution in [3.05, 3.63) is 241 Å². The predicted molar refractivity (Wildman–Crippen MR) is 254 cm³/mol. The van der Waals surface area contributed by atoms with Crippen molar-refractivity contribution in [1.29, 1.82) is 0 Å². The van der Waals surface area contributed by atoms with E-state index in [9.17, 15) is 10.0 Å². The molecule has 2 aromatic heterocycles. The normalized spacial score (nSPS) is 10.9. The predicted octanol–water partition coefficient (Wildman–Crippen LogP) is 9.01. The molecule has 0 saturated heterocycles. The minimum Gasteiger partial charge on any atom is -0.871 e. The van der Waals surface area contributed by atoms with Crippen LogP contribution in [0.2, 0.25) is 0 Å². The molecule has 0 bridgehead atoms. The molecule has 8 heteroatoms. The molecule has 0 atom stereocenters. The molecule has 7 nitrogen and oxygen atoms in total. The first kappa shape index (κ1) is 44.9. The van der Waals surface area contributed by atoms with Crippen LogP contribution < -0.4 is 29.2 Å². The first-order chi connectivity index (χ1) is 31.5. The Balaban J connectivity index is 0.000000146. The Labute approximate surface area is 377 Å². The van der Waals surface area contributed by atoms with Gasteiger partial charge in [0.1, 0.15) is 0 Å². The molecule has 0 amide bonds. The van der Waals surface area contributed by atoms with Gasteiger partial charge in [-0.3, -0.25) is 9.68 Å². The van der Waals surface area contributed by atoms with E-state index >= 15 is 0 Å². The van der Waals surface area contributed by atoms with E-state index in [0.29, 0.717) is 19.6 Å². The van der Waals surface area contributed by atoms with E-state index < -0.39 is 7.32 Å². The maximum absolute atomic E-state index is 10.7. The van der Waals surface area contributed by atoms with E-state index in [-0.39, 0.29) is 12.0 Å². The van der Waals surface area contributed by atoms with Crippen LogP contribution in [0.4, 0.5) is 0 Å². The van der Waals surface area contributed by atoms with Gasteiger partial charge in [-0.2, -0.15) is 0 Å². The summed E-state index contributed by atoms with van der Waals surface area (Å²) < 4.78 is 8.40. The molecule has 9 rings (SSSR count). The Morgan fingerprint density at radius 3 is 1.22 bits per heavy atom. The lowest BCUT2D eigenvalue weighted by Crippen LogP contribution is -2.48. The highest BCUT2D eigenvalue weighted by molar-refractivity contribution is 6.28. The molecule has 0 unspecified atom stereocenters. The minimum absolute atomic E-state index is 0.159. The first-order valence-corrected chi connectivity index (χ1v) is 21.9. The van der Waals surface area contributed by atoms with Gasteiger partial charge in [-0.15, -0.1) is 0 Å². The zero-order valence-corrected chi connectivity index (χ0v) is 36.4. The van der Waals surface area contributed by atoms with Crippen LogP contribution in [0.1, 0.15) is 43.4 Å². The van der Waals surface area contributed by atoms with Crippen molar-refractivity contribution in [2.24, 2.45) is 0 Å². The van der Waals surface area contributed by atoms with Gasteiger partial charge in [0.2, 0.25) is 12.4 Å². The Bertz CT molecular complexity index is 2570. The van der Waals surface area contributed by atoms with E-state index in [1.54, 1.807) is 0 Å². The molecule has 0 radical (unpaired) electrons. The van der Waals surface area contributed by atoms with Gasteiger partial charge in [-0.1, -0.05) is 164 Å². The van der Waals surface area contributed by atoms with Crippen molar-refractivity contribution < 1.29 is 33.8 Å². The van der Waals surface area contributed by atoms with E-state index in [1.165, 1.54) is 49.4 Å². The van der Waals surface area contributed by atoms with Crippen LogP contribution in [0.15, 0.2) is 225 Å². The number of pyridine rings is 2. The van der Waals surface area contributed by atoms with Crippen LogP contribution in [0.25, 0.3) is 44.1 Å². The Hall–Kier alpha value is -7.10. The number of rotatable bonds is 14. The third-order valence-electron chi connectivity index (χ3n) is 11.1. The summed E-state index contributed by atoms with van der Waals surface area (Å²) in [6, 6.07) is 72.7. The SMILES string of the molecule is CCO[n+]1ccccc1-c1cccc2ccccc12.CCO[n+]1ccccc1-c1cccc2ccccc12.[O-]B([O-])OCCCC(c1ccccc1)(c1ccccc1)c1ccccc1. The summed E-state index contributed by atoms with van der Waals surface area (Å²) in [5.41, 5.74) is 7.69. The number of fused-ring (bicyclic) bond motifs is 2. The fourth-order valence-corrected chi connectivity index (χ4v) is 8.29. The summed E-state index contributed by atoms with van der Waals surface area (Å²) in [5, 5.41) is 26.3. The molecule has 7 aromatic carbocycles. The lowest BCUT2D eigenvalue weighted by molar-refractivity contribution is -0.882. The lowest BCUT2D eigenvalue weighted by Gasteiger charge is -2.37. The summed E-state index contributed by atoms with van der Waals surface area (Å²) in [5.74, 6) is 0. The van der Waals surface area contributed by atoms with Crippen molar-refractivity contribution in [3.63, 3.8) is 0 Å². The van der Waals surface area contributed by atoms with Crippen LogP contribution in [0, 0.1) is 0 Å². The zero-order valence-electron chi connectivity index (χ0n) is 36.4. The summed E-state index contributed by atoms with van der Waals surface area (Å²) >= 11 is 0. The average Bonchev–Trinajstić information content (AvgIpc) is 3.35. The largest absolute Gasteiger partial charge is 0.871 e. The molecule has 2 heterocycles. The van der Waals surface area contributed by atoms with Gasteiger partial charge >= 0.3 is 0 Å². The van der Waals surface area contributed by atoms with E-state index in [0.717, 1.165) is 17.8 Å². The maximum atomic E-state index is 10.7. The van der Waals surface area contributed by atoms with Crippen LogP contribution in [-0.4, -0.2) is 27.1 Å². The van der Waals surface area contributed by atoms with Gasteiger partial charge in [0.25, 0.3) is 11.4 Å². The van der Waals surface area contributed by atoms with E-state index in [1.807, 2.05) is 115 Å². The molecule has 0 aliphatic heterocycles. The van der Waals surface area contributed by atoms with Crippen molar-refractivity contribution in [2.75, 3.05) is 19.8 Å². The van der Waals surface area contributed by atoms with Crippen molar-refractivity contribution in [2.45, 2.75) is 32.1 Å². The number of aromatic nitrogens is 2. The summed E-state index contributed by atoms with van der Waals surface area (Å²) in [4.78, 5) is 11.3. The standard InChI is InChI=1S/C22H21BO3.2C17H16NO/c24-23(25)26-18-10-17-22(19-11-4-1-5-12-19,20-13-6-2-7-14-20)21-15-8-3-9-16-21;2*1-2-19-18-13-6-5-12-17(18)16-11-7-9-14-8-3-4-10-15(14)16/h1-9,11-16H,10,17-18H2;2*3-13H,2H2,1H3/q-2;2*+1. The Morgan fingerprint density at radius 2 is 0.812 bits per heavy atom. The van der Waals surface area contributed by atoms with Crippen molar-refractivity contribution in [3.8, 4) is 22.5 Å². The van der Waals surface area contributed by atoms with Crippen LogP contribution in [-0.2, 0) is 10.1 Å². The molecular formula is C56H53BN2O5. The molecule has 320 valence electrons. The van der Waals surface area contributed by atoms with Gasteiger partial charge in [0.05, 0.1) is 18.4 Å². The molecule has 0 N–H and O–H groups in total. The Morgan fingerprint density at radius 1 is 0.438 bits per heavy atom. The highest BCUT2D eigenvalue weighted by atomic mass is 16.7. The first-order valence-electron chi connectivity index (χ1n) is 21.9. The quantitative estimate of drug-likeness (QED) is 0.0473. The topological polar surface area (TPSA) is 81.6 Å². The molecule has 0 aliphatic carbocycles. The smallest absolute Gasteiger partial charge is 0.265 e. The molecule has 0 spiro atoms. The van der Waals surface area contributed by atoms with Crippen molar-refractivity contribution in [1.82, 2.24) is 0 Å². The molecule has 0 aliphatic rings. The summed E-state index contributed by atoms with van der Waals surface area (Å²) in [6.45, 7) is 5.44. The molecular weight excluding hydrogens is 791 g/mol. The summed E-state index contributed by atoms with van der Waals surface area (Å²) in [7, 11) is -2.23. The second-order valence-electron chi connectivity index (χ2n) is 15.0. The number of benzene rings is 7. The van der Waals surface area contributed by atoms with Gasteiger partial charge in [-0.25, -0.2) is 0 Å². The van der Waals surface area contributed by atoms with Crippen LogP contribution >= 0.6 is 0 Å². The highest BCUT2D eigenvalue weighted by Crippen LogP contribution is 2.43. The summed E-state index contributed by atoms with van der Waals surface area (Å²) in [6.07, 6.45) is 5.23. The number of hydrogen-bond donors (Lipinski definition) is 0. The lowest BCUT2D eigenvalue weighted by atomic mass is 9.67. The van der Waals surface area contributed by atoms with E-state index in [2.05, 4.69) is 133 Å². The van der Waals surface area contributed by atoms with Gasteiger partial charge in [-0.05, 0) is 89.2 Å². The Kier molecular flexibility index (Phi) is 16.0. The fraction of sp³-hybridized carbons (Fsp3) is 0.143. The molecule has 9 aromatic rings. The number of nitrogens with zero attached hydrogens (tertiary/aromatic N) is 2. The average molecular weight is 845 g/mol. The monoisotopic (exact) mass is 844 g/mol. The molecule has 0 saturated carbocycles. The second-order valence-corrected chi connectivity index (χ2v) is 15.0. The van der Waals surface area contributed by atoms with Crippen molar-refractivity contribution >= 4 is 28.9 Å². The van der Waals surface area contributed by atoms with E-state index in [4.69, 9.17) is 14.3 Å². The zero-order chi connectivity index (χ0) is 44.4.